The number of hydrogen-bond donors (Lipinski definition) is 2. The highest BCUT2D eigenvalue weighted by Gasteiger charge is 2.14. The number of benzene rings is 1. The molecule has 17 heavy (non-hydrogen) atoms. The van der Waals surface area contributed by atoms with Gasteiger partial charge in [0, 0.05) is 30.3 Å². The van der Waals surface area contributed by atoms with Crippen LogP contribution < -0.4 is 16.0 Å². The number of rotatable bonds is 7. The third kappa shape index (κ3) is 4.16. The molecule has 3 N–H and O–H groups in total. The highest BCUT2D eigenvalue weighted by atomic mass is 35.5. The Hall–Kier alpha value is -0.810. The van der Waals surface area contributed by atoms with Crippen LogP contribution in [0.25, 0.3) is 0 Å². The van der Waals surface area contributed by atoms with Gasteiger partial charge in [-0.1, -0.05) is 17.7 Å². The van der Waals surface area contributed by atoms with Crippen LogP contribution in [-0.4, -0.2) is 20.8 Å². The monoisotopic (exact) mass is 258 g/mol. The van der Waals surface area contributed by atoms with Gasteiger partial charge in [-0.25, -0.2) is 0 Å². The van der Waals surface area contributed by atoms with Gasteiger partial charge in [0.2, 0.25) is 0 Å². The lowest BCUT2D eigenvalue weighted by atomic mass is 10.0. The van der Waals surface area contributed by atoms with E-state index < -0.39 is 0 Å². The minimum Gasteiger partial charge on any atom is -0.496 e. The van der Waals surface area contributed by atoms with Gasteiger partial charge in [-0.3, -0.25) is 11.3 Å². The smallest absolute Gasteiger partial charge is 0.125 e. The molecule has 0 heterocycles. The molecule has 1 atom stereocenters. The first-order valence-corrected chi connectivity index (χ1v) is 5.89. The van der Waals surface area contributed by atoms with Gasteiger partial charge in [0.15, 0.2) is 0 Å². The lowest BCUT2D eigenvalue weighted by Gasteiger charge is -2.19. The summed E-state index contributed by atoms with van der Waals surface area (Å²) in [6.45, 7) is 0.716. The number of nitrogens with one attached hydrogen (secondary N) is 1. The third-order valence-electron chi connectivity index (χ3n) is 2.61. The minimum absolute atomic E-state index is 0.0392. The normalized spacial score (nSPS) is 12.5. The first kappa shape index (κ1) is 14.3. The van der Waals surface area contributed by atoms with E-state index in [9.17, 15) is 0 Å². The standard InChI is InChI=1S/C12H19ClN2O2/c1-16-7-3-4-11(15-14)10-6-5-9(13)8-12(10)17-2/h5-6,8,11,15H,3-4,7,14H2,1-2H3. The molecular weight excluding hydrogens is 240 g/mol. The van der Waals surface area contributed by atoms with Crippen LogP contribution in [0.1, 0.15) is 24.4 Å². The maximum atomic E-state index is 5.92. The van der Waals surface area contributed by atoms with Gasteiger partial charge in [0.05, 0.1) is 7.11 Å². The first-order chi connectivity index (χ1) is 8.22. The molecule has 0 bridgehead atoms. The molecule has 0 amide bonds. The Kier molecular flexibility index (Phi) is 6.29. The predicted octanol–water partition coefficient (Wildman–Crippen LogP) is 2.28. The Morgan fingerprint density at radius 2 is 2.18 bits per heavy atom. The minimum atomic E-state index is 0.0392. The summed E-state index contributed by atoms with van der Waals surface area (Å²) < 4.78 is 10.3. The SMILES string of the molecule is COCCCC(NN)c1ccc(Cl)cc1OC. The summed E-state index contributed by atoms with van der Waals surface area (Å²) in [5.41, 5.74) is 3.80. The van der Waals surface area contributed by atoms with Crippen LogP contribution in [0.5, 0.6) is 5.75 Å². The number of nitrogens with two attached hydrogens (primary N) is 1. The summed E-state index contributed by atoms with van der Waals surface area (Å²) in [6.07, 6.45) is 1.81. The van der Waals surface area contributed by atoms with E-state index in [2.05, 4.69) is 5.43 Å². The fourth-order valence-corrected chi connectivity index (χ4v) is 1.90. The van der Waals surface area contributed by atoms with Crippen LogP contribution in [0.15, 0.2) is 18.2 Å². The van der Waals surface area contributed by atoms with E-state index in [0.29, 0.717) is 11.6 Å². The zero-order valence-corrected chi connectivity index (χ0v) is 11.0. The molecular formula is C12H19ClN2O2. The van der Waals surface area contributed by atoms with E-state index >= 15 is 0 Å². The second-order valence-electron chi connectivity index (χ2n) is 3.74. The van der Waals surface area contributed by atoms with Gasteiger partial charge in [-0.2, -0.15) is 0 Å². The van der Waals surface area contributed by atoms with Crippen molar-refractivity contribution in [3.8, 4) is 5.75 Å². The van der Waals surface area contributed by atoms with Gasteiger partial charge in [0.25, 0.3) is 0 Å². The molecule has 1 aromatic rings. The maximum absolute atomic E-state index is 5.92. The van der Waals surface area contributed by atoms with Crippen molar-refractivity contribution >= 4 is 11.6 Å². The van der Waals surface area contributed by atoms with Crippen molar-refractivity contribution < 1.29 is 9.47 Å². The molecule has 96 valence electrons. The van der Waals surface area contributed by atoms with Crippen LogP contribution in [0.4, 0.5) is 0 Å². The summed E-state index contributed by atoms with van der Waals surface area (Å²) in [6, 6.07) is 5.59. The summed E-state index contributed by atoms with van der Waals surface area (Å²) >= 11 is 5.92. The van der Waals surface area contributed by atoms with Gasteiger partial charge in [-0.15, -0.1) is 0 Å². The maximum Gasteiger partial charge on any atom is 0.125 e. The Morgan fingerprint density at radius 3 is 2.76 bits per heavy atom. The zero-order chi connectivity index (χ0) is 12.7. The Labute approximate surface area is 107 Å². The summed E-state index contributed by atoms with van der Waals surface area (Å²) in [5, 5.41) is 0.651. The van der Waals surface area contributed by atoms with Crippen molar-refractivity contribution in [3.05, 3.63) is 28.8 Å². The van der Waals surface area contributed by atoms with Crippen LogP contribution in [0, 0.1) is 0 Å². The van der Waals surface area contributed by atoms with Crippen molar-refractivity contribution in [2.75, 3.05) is 20.8 Å². The Balaban J connectivity index is 2.79. The highest BCUT2D eigenvalue weighted by molar-refractivity contribution is 6.30. The molecule has 1 aromatic carbocycles. The molecule has 4 nitrogen and oxygen atoms in total. The molecule has 0 spiro atoms. The molecule has 0 fully saturated rings. The average Bonchev–Trinajstić information content (AvgIpc) is 2.35. The van der Waals surface area contributed by atoms with E-state index in [-0.39, 0.29) is 6.04 Å². The topological polar surface area (TPSA) is 56.5 Å². The number of hydrogen-bond acceptors (Lipinski definition) is 4. The van der Waals surface area contributed by atoms with Gasteiger partial charge >= 0.3 is 0 Å². The fourth-order valence-electron chi connectivity index (χ4n) is 1.73. The van der Waals surface area contributed by atoms with E-state index in [1.807, 2.05) is 12.1 Å². The molecule has 0 aliphatic rings. The van der Waals surface area contributed by atoms with Crippen LogP contribution in [0.3, 0.4) is 0 Å². The molecule has 0 saturated carbocycles. The second-order valence-corrected chi connectivity index (χ2v) is 4.18. The largest absolute Gasteiger partial charge is 0.496 e. The summed E-state index contributed by atoms with van der Waals surface area (Å²) in [5.74, 6) is 6.32. The Bertz CT molecular complexity index is 347. The number of hydrazine groups is 1. The van der Waals surface area contributed by atoms with E-state index in [1.165, 1.54) is 0 Å². The van der Waals surface area contributed by atoms with Crippen molar-refractivity contribution in [3.63, 3.8) is 0 Å². The molecule has 0 aromatic heterocycles. The fraction of sp³-hybridized carbons (Fsp3) is 0.500. The molecule has 1 unspecified atom stereocenters. The quantitative estimate of drug-likeness (QED) is 0.448. The van der Waals surface area contributed by atoms with Crippen molar-refractivity contribution in [2.45, 2.75) is 18.9 Å². The molecule has 5 heteroatoms. The van der Waals surface area contributed by atoms with E-state index in [0.717, 1.165) is 24.2 Å². The van der Waals surface area contributed by atoms with Crippen molar-refractivity contribution in [2.24, 2.45) is 5.84 Å². The van der Waals surface area contributed by atoms with Crippen LogP contribution >= 0.6 is 11.6 Å². The van der Waals surface area contributed by atoms with Gasteiger partial charge in [0.1, 0.15) is 5.75 Å². The Morgan fingerprint density at radius 1 is 1.41 bits per heavy atom. The van der Waals surface area contributed by atoms with Crippen molar-refractivity contribution in [1.82, 2.24) is 5.43 Å². The zero-order valence-electron chi connectivity index (χ0n) is 10.2. The number of ether oxygens (including phenoxy) is 2. The second kappa shape index (κ2) is 7.50. The first-order valence-electron chi connectivity index (χ1n) is 5.51. The lowest BCUT2D eigenvalue weighted by molar-refractivity contribution is 0.188. The van der Waals surface area contributed by atoms with Crippen molar-refractivity contribution in [1.29, 1.82) is 0 Å². The highest BCUT2D eigenvalue weighted by Crippen LogP contribution is 2.30. The molecule has 1 rings (SSSR count). The van der Waals surface area contributed by atoms with E-state index in [1.54, 1.807) is 20.3 Å². The predicted molar refractivity (Wildman–Crippen MR) is 69.2 cm³/mol. The summed E-state index contributed by atoms with van der Waals surface area (Å²) in [7, 11) is 3.31. The van der Waals surface area contributed by atoms with Crippen LogP contribution in [0.2, 0.25) is 5.02 Å². The molecule has 0 saturated heterocycles. The molecule has 0 radical (unpaired) electrons. The molecule has 0 aliphatic carbocycles. The van der Waals surface area contributed by atoms with Gasteiger partial charge < -0.3 is 9.47 Å². The number of methoxy groups -OCH3 is 2. The lowest BCUT2D eigenvalue weighted by Crippen LogP contribution is -2.28. The van der Waals surface area contributed by atoms with Gasteiger partial charge in [-0.05, 0) is 25.0 Å². The summed E-state index contributed by atoms with van der Waals surface area (Å²) in [4.78, 5) is 0. The molecule has 0 aliphatic heterocycles. The van der Waals surface area contributed by atoms with E-state index in [4.69, 9.17) is 26.9 Å². The van der Waals surface area contributed by atoms with Crippen LogP contribution in [-0.2, 0) is 4.74 Å². The third-order valence-corrected chi connectivity index (χ3v) is 2.85. The number of halogens is 1. The average molecular weight is 259 g/mol.